The molecule has 0 saturated carbocycles. The predicted octanol–water partition coefficient (Wildman–Crippen LogP) is 2.00. The Bertz CT molecular complexity index is 496. The molecule has 0 heterocycles. The van der Waals surface area contributed by atoms with Crippen molar-refractivity contribution in [1.82, 2.24) is 0 Å². The lowest BCUT2D eigenvalue weighted by atomic mass is 10.2. The Kier molecular flexibility index (Phi) is 5.41. The number of hydrogen-bond acceptors (Lipinski definition) is 4. The molecule has 20 heavy (non-hydrogen) atoms. The average Bonchev–Trinajstić information content (AvgIpc) is 2.52. The first-order valence-corrected chi connectivity index (χ1v) is 6.46. The van der Waals surface area contributed by atoms with Crippen LogP contribution < -0.4 is 9.47 Å². The zero-order valence-electron chi connectivity index (χ0n) is 11.1. The number of benzene rings is 2. The van der Waals surface area contributed by atoms with E-state index in [4.69, 9.17) is 14.6 Å². The molecule has 0 aliphatic heterocycles. The lowest BCUT2D eigenvalue weighted by Gasteiger charge is -2.11. The van der Waals surface area contributed by atoms with E-state index in [1.807, 2.05) is 42.5 Å². The molecule has 0 bridgehead atoms. The summed E-state index contributed by atoms with van der Waals surface area (Å²) in [6, 6.07) is 17.1. The number of aliphatic hydroxyl groups excluding tert-OH is 2. The van der Waals surface area contributed by atoms with Gasteiger partial charge in [-0.1, -0.05) is 30.3 Å². The van der Waals surface area contributed by atoms with Crippen molar-refractivity contribution in [2.75, 3.05) is 13.2 Å². The normalized spacial score (nSPS) is 11.9. The monoisotopic (exact) mass is 274 g/mol. The van der Waals surface area contributed by atoms with Gasteiger partial charge in [-0.3, -0.25) is 0 Å². The highest BCUT2D eigenvalue weighted by Gasteiger charge is 2.03. The van der Waals surface area contributed by atoms with Crippen LogP contribution in [0.3, 0.4) is 0 Å². The summed E-state index contributed by atoms with van der Waals surface area (Å²) >= 11 is 0. The van der Waals surface area contributed by atoms with Crippen LogP contribution in [-0.4, -0.2) is 29.5 Å². The van der Waals surface area contributed by atoms with Crippen molar-refractivity contribution < 1.29 is 19.7 Å². The van der Waals surface area contributed by atoms with E-state index in [9.17, 15) is 5.11 Å². The lowest BCUT2D eigenvalue weighted by Crippen LogP contribution is -2.21. The molecule has 0 amide bonds. The van der Waals surface area contributed by atoms with E-state index < -0.39 is 6.10 Å². The second kappa shape index (κ2) is 7.53. The predicted molar refractivity (Wildman–Crippen MR) is 75.8 cm³/mol. The molecule has 0 fully saturated rings. The van der Waals surface area contributed by atoms with Crippen LogP contribution in [0.1, 0.15) is 5.56 Å². The van der Waals surface area contributed by atoms with Gasteiger partial charge in [0.05, 0.1) is 6.61 Å². The van der Waals surface area contributed by atoms with Crippen molar-refractivity contribution in [3.63, 3.8) is 0 Å². The van der Waals surface area contributed by atoms with Gasteiger partial charge in [-0.25, -0.2) is 0 Å². The van der Waals surface area contributed by atoms with Gasteiger partial charge in [0.1, 0.15) is 30.8 Å². The van der Waals surface area contributed by atoms with Gasteiger partial charge in [0.2, 0.25) is 0 Å². The van der Waals surface area contributed by atoms with E-state index in [2.05, 4.69) is 0 Å². The molecule has 106 valence electrons. The molecular weight excluding hydrogens is 256 g/mol. The maximum atomic E-state index is 9.18. The first-order valence-electron chi connectivity index (χ1n) is 6.46. The van der Waals surface area contributed by atoms with E-state index >= 15 is 0 Å². The molecule has 0 aliphatic carbocycles. The first-order chi connectivity index (χ1) is 9.78. The van der Waals surface area contributed by atoms with Crippen molar-refractivity contribution in [3.05, 3.63) is 60.2 Å². The Hall–Kier alpha value is -2.04. The molecule has 4 nitrogen and oxygen atoms in total. The van der Waals surface area contributed by atoms with Crippen LogP contribution in [-0.2, 0) is 6.61 Å². The van der Waals surface area contributed by atoms with E-state index in [1.54, 1.807) is 12.1 Å². The molecule has 2 rings (SSSR count). The van der Waals surface area contributed by atoms with E-state index in [0.29, 0.717) is 12.4 Å². The number of rotatable bonds is 7. The van der Waals surface area contributed by atoms with Gasteiger partial charge >= 0.3 is 0 Å². The van der Waals surface area contributed by atoms with Gasteiger partial charge in [-0.2, -0.15) is 0 Å². The molecule has 0 aromatic heterocycles. The second-order valence-corrected chi connectivity index (χ2v) is 4.39. The largest absolute Gasteiger partial charge is 0.491 e. The summed E-state index contributed by atoms with van der Waals surface area (Å²) in [5, 5.41) is 17.9. The molecule has 2 aromatic rings. The van der Waals surface area contributed by atoms with E-state index in [0.717, 1.165) is 11.3 Å². The molecule has 0 saturated heterocycles. The van der Waals surface area contributed by atoms with Crippen molar-refractivity contribution in [2.45, 2.75) is 12.7 Å². The maximum Gasteiger partial charge on any atom is 0.120 e. The molecule has 4 heteroatoms. The molecule has 0 radical (unpaired) electrons. The fourth-order valence-electron chi connectivity index (χ4n) is 1.62. The number of aliphatic hydroxyl groups is 2. The van der Waals surface area contributed by atoms with Crippen LogP contribution in [0.2, 0.25) is 0 Å². The number of ether oxygens (including phenoxy) is 2. The molecule has 0 unspecified atom stereocenters. The average molecular weight is 274 g/mol. The molecule has 0 aliphatic rings. The van der Waals surface area contributed by atoms with Gasteiger partial charge in [-0.05, 0) is 29.8 Å². The summed E-state index contributed by atoms with van der Waals surface area (Å²) in [6.45, 7) is 0.281. The van der Waals surface area contributed by atoms with Crippen molar-refractivity contribution in [1.29, 1.82) is 0 Å². The van der Waals surface area contributed by atoms with Crippen molar-refractivity contribution >= 4 is 0 Å². The lowest BCUT2D eigenvalue weighted by molar-refractivity contribution is 0.0536. The minimum atomic E-state index is -0.857. The van der Waals surface area contributed by atoms with Crippen LogP contribution >= 0.6 is 0 Å². The standard InChI is InChI=1S/C16H18O4/c17-10-14(18)12-20-16-8-6-15(7-9-16)19-11-13-4-2-1-3-5-13/h1-9,14,17-18H,10-12H2/t14-/m1/s1. The van der Waals surface area contributed by atoms with Crippen molar-refractivity contribution in [3.8, 4) is 11.5 Å². The van der Waals surface area contributed by atoms with Gasteiger partial charge < -0.3 is 19.7 Å². The summed E-state index contributed by atoms with van der Waals surface area (Å²) in [5.41, 5.74) is 1.11. The molecule has 1 atom stereocenters. The smallest absolute Gasteiger partial charge is 0.120 e. The maximum absolute atomic E-state index is 9.18. The van der Waals surface area contributed by atoms with Gasteiger partial charge in [0.15, 0.2) is 0 Å². The Labute approximate surface area is 118 Å². The Morgan fingerprint density at radius 3 is 2.05 bits per heavy atom. The molecule has 2 aromatic carbocycles. The van der Waals surface area contributed by atoms with E-state index in [-0.39, 0.29) is 13.2 Å². The highest BCUT2D eigenvalue weighted by Crippen LogP contribution is 2.18. The Balaban J connectivity index is 1.82. The minimum Gasteiger partial charge on any atom is -0.491 e. The summed E-state index contributed by atoms with van der Waals surface area (Å²) in [5.74, 6) is 1.38. The summed E-state index contributed by atoms with van der Waals surface area (Å²) in [7, 11) is 0. The van der Waals surface area contributed by atoms with Crippen LogP contribution in [0.25, 0.3) is 0 Å². The minimum absolute atomic E-state index is 0.0702. The van der Waals surface area contributed by atoms with E-state index in [1.165, 1.54) is 0 Å². The Morgan fingerprint density at radius 2 is 1.45 bits per heavy atom. The zero-order chi connectivity index (χ0) is 14.2. The van der Waals surface area contributed by atoms with Crippen LogP contribution in [0.4, 0.5) is 0 Å². The third-order valence-electron chi connectivity index (χ3n) is 2.73. The van der Waals surface area contributed by atoms with Gasteiger partial charge in [0.25, 0.3) is 0 Å². The van der Waals surface area contributed by atoms with Crippen molar-refractivity contribution in [2.24, 2.45) is 0 Å². The quantitative estimate of drug-likeness (QED) is 0.810. The second-order valence-electron chi connectivity index (χ2n) is 4.39. The summed E-state index contributed by atoms with van der Waals surface area (Å²) in [4.78, 5) is 0. The Morgan fingerprint density at radius 1 is 0.850 bits per heavy atom. The highest BCUT2D eigenvalue weighted by atomic mass is 16.5. The van der Waals surface area contributed by atoms with Crippen LogP contribution in [0.15, 0.2) is 54.6 Å². The van der Waals surface area contributed by atoms with Gasteiger partial charge in [-0.15, -0.1) is 0 Å². The summed E-state index contributed by atoms with van der Waals surface area (Å²) < 4.78 is 11.0. The molecule has 0 spiro atoms. The van der Waals surface area contributed by atoms with Gasteiger partial charge in [0, 0.05) is 0 Å². The zero-order valence-corrected chi connectivity index (χ0v) is 11.1. The summed E-state index contributed by atoms with van der Waals surface area (Å²) in [6.07, 6.45) is -0.857. The topological polar surface area (TPSA) is 58.9 Å². The van der Waals surface area contributed by atoms with Crippen LogP contribution in [0, 0.1) is 0 Å². The first kappa shape index (κ1) is 14.4. The SMILES string of the molecule is OC[C@@H](O)COc1ccc(OCc2ccccc2)cc1. The fraction of sp³-hybridized carbons (Fsp3) is 0.250. The molecular formula is C16H18O4. The third kappa shape index (κ3) is 4.57. The number of hydrogen-bond donors (Lipinski definition) is 2. The fourth-order valence-corrected chi connectivity index (χ4v) is 1.62. The highest BCUT2D eigenvalue weighted by molar-refractivity contribution is 5.31. The molecule has 2 N–H and O–H groups in total. The van der Waals surface area contributed by atoms with Crippen LogP contribution in [0.5, 0.6) is 11.5 Å². The third-order valence-corrected chi connectivity index (χ3v) is 2.73.